The summed E-state index contributed by atoms with van der Waals surface area (Å²) in [5, 5.41) is 48.0. The Labute approximate surface area is 372 Å². The first-order valence-electron chi connectivity index (χ1n) is 21.3. The van der Waals surface area contributed by atoms with Crippen LogP contribution in [0.15, 0.2) is 42.9 Å². The molecule has 7 amide bonds. The van der Waals surface area contributed by atoms with Gasteiger partial charge in [-0.25, -0.2) is 9.78 Å². The van der Waals surface area contributed by atoms with E-state index in [1.54, 1.807) is 58.0 Å². The first kappa shape index (κ1) is 54.2. The first-order valence-corrected chi connectivity index (χ1v) is 21.3. The number of carbonyl (C=O) groups excluding carboxylic acids is 7. The van der Waals surface area contributed by atoms with E-state index in [0.717, 1.165) is 0 Å². The second-order valence-corrected chi connectivity index (χ2v) is 16.5. The zero-order valence-electron chi connectivity index (χ0n) is 37.3. The zero-order chi connectivity index (χ0) is 48.1. The van der Waals surface area contributed by atoms with E-state index < -0.39 is 114 Å². The van der Waals surface area contributed by atoms with Crippen molar-refractivity contribution in [3.05, 3.63) is 54.1 Å². The van der Waals surface area contributed by atoms with Crippen LogP contribution in [-0.2, 0) is 51.2 Å². The molecule has 1 aromatic heterocycles. The lowest BCUT2D eigenvalue weighted by molar-refractivity contribution is -0.141. The summed E-state index contributed by atoms with van der Waals surface area (Å²) in [6, 6.07) is -0.781. The number of benzene rings is 1. The van der Waals surface area contributed by atoms with E-state index in [0.29, 0.717) is 30.6 Å². The Morgan fingerprint density at radius 1 is 0.672 bits per heavy atom. The average molecular weight is 902 g/mol. The number of hydrogen-bond acceptors (Lipinski definition) is 13. The number of aliphatic hydroxyl groups is 2. The van der Waals surface area contributed by atoms with Gasteiger partial charge < -0.3 is 69.0 Å². The fourth-order valence-electron chi connectivity index (χ4n) is 6.40. The van der Waals surface area contributed by atoms with Crippen molar-refractivity contribution in [2.45, 2.75) is 135 Å². The van der Waals surface area contributed by atoms with Gasteiger partial charge >= 0.3 is 5.97 Å². The van der Waals surface area contributed by atoms with E-state index in [4.69, 9.17) is 11.5 Å². The summed E-state index contributed by atoms with van der Waals surface area (Å²) in [6.45, 7) is 8.86. The van der Waals surface area contributed by atoms with Crippen LogP contribution < -0.4 is 48.7 Å². The monoisotopic (exact) mass is 902 g/mol. The van der Waals surface area contributed by atoms with Crippen LogP contribution in [0, 0.1) is 11.8 Å². The standard InChI is InChI=1S/C42H67N11O11/c1-22(2)16-30(38(59)52-34(24(5)54)39(60)46-20-32(56)48-31(42(63)64)17-26-12-8-7-9-13-26)50-40(61)33(23(3)4)51-41(62)35(25(6)55)53-37(58)29(14-10-11-15-43)49-36(57)28(44)18-27-19-45-21-47-27/h7-9,12-13,19,21-25,28-31,33-35,54-55H,10-11,14-18,20,43-44H2,1-6H3,(H,45,47)(H,46,60)(H,48,56)(H,49,57)(H,50,61)(H,51,62)(H,52,59)(H,53,58)(H,63,64)/t24-,25-,28+,29+,30+,31+,33+,34+,35+/m1/s1. The van der Waals surface area contributed by atoms with Crippen LogP contribution in [0.25, 0.3) is 0 Å². The van der Waals surface area contributed by atoms with Gasteiger partial charge in [0, 0.05) is 24.7 Å². The number of aliphatic carboxylic acids is 1. The van der Waals surface area contributed by atoms with Crippen LogP contribution in [0.5, 0.6) is 0 Å². The van der Waals surface area contributed by atoms with Crippen molar-refractivity contribution in [2.75, 3.05) is 13.1 Å². The van der Waals surface area contributed by atoms with Crippen LogP contribution in [0.2, 0.25) is 0 Å². The number of amides is 7. The number of aromatic nitrogens is 2. The van der Waals surface area contributed by atoms with Gasteiger partial charge in [-0.3, -0.25) is 33.6 Å². The maximum atomic E-state index is 13.8. The Bertz CT molecular complexity index is 1830. The molecule has 2 rings (SSSR count). The summed E-state index contributed by atoms with van der Waals surface area (Å²) in [5.74, 6) is -8.01. The van der Waals surface area contributed by atoms with Gasteiger partial charge in [0.2, 0.25) is 41.4 Å². The van der Waals surface area contributed by atoms with Crippen molar-refractivity contribution in [1.29, 1.82) is 0 Å². The van der Waals surface area contributed by atoms with Gasteiger partial charge in [0.1, 0.15) is 36.3 Å². The molecule has 0 aliphatic carbocycles. The van der Waals surface area contributed by atoms with Crippen molar-refractivity contribution in [1.82, 2.24) is 47.2 Å². The van der Waals surface area contributed by atoms with Crippen molar-refractivity contribution >= 4 is 47.3 Å². The number of imidazole rings is 1. The highest BCUT2D eigenvalue weighted by atomic mass is 16.4. The first-order chi connectivity index (χ1) is 30.1. The molecule has 0 unspecified atom stereocenters. The fraction of sp³-hybridized carbons (Fsp3) is 0.595. The summed E-state index contributed by atoms with van der Waals surface area (Å²) in [5.41, 5.74) is 13.0. The second-order valence-electron chi connectivity index (χ2n) is 16.5. The van der Waals surface area contributed by atoms with Crippen molar-refractivity contribution in [2.24, 2.45) is 23.3 Å². The van der Waals surface area contributed by atoms with E-state index in [-0.39, 0.29) is 31.6 Å². The highest BCUT2D eigenvalue weighted by molar-refractivity contribution is 5.97. The number of carboxylic acids is 1. The Hall–Kier alpha value is -5.97. The summed E-state index contributed by atoms with van der Waals surface area (Å²) >= 11 is 0. The third kappa shape index (κ3) is 18.8. The molecule has 0 fully saturated rings. The molecule has 64 heavy (non-hydrogen) atoms. The molecule has 2 aromatic rings. The van der Waals surface area contributed by atoms with Gasteiger partial charge in [-0.15, -0.1) is 0 Å². The number of aliphatic hydroxyl groups excluding tert-OH is 2. The third-order valence-corrected chi connectivity index (χ3v) is 9.96. The zero-order valence-corrected chi connectivity index (χ0v) is 37.3. The Morgan fingerprint density at radius 2 is 1.23 bits per heavy atom. The third-order valence-electron chi connectivity index (χ3n) is 9.96. The fourth-order valence-corrected chi connectivity index (χ4v) is 6.40. The predicted molar refractivity (Wildman–Crippen MR) is 233 cm³/mol. The van der Waals surface area contributed by atoms with Gasteiger partial charge in [-0.2, -0.15) is 0 Å². The molecule has 1 aromatic carbocycles. The van der Waals surface area contributed by atoms with Crippen molar-refractivity contribution in [3.63, 3.8) is 0 Å². The highest BCUT2D eigenvalue weighted by Crippen LogP contribution is 2.11. The lowest BCUT2D eigenvalue weighted by Gasteiger charge is -2.30. The van der Waals surface area contributed by atoms with Gasteiger partial charge in [-0.1, -0.05) is 58.0 Å². The molecule has 0 bridgehead atoms. The minimum absolute atomic E-state index is 0.0217. The molecule has 22 heteroatoms. The number of H-pyrrole nitrogens is 1. The van der Waals surface area contributed by atoms with E-state index >= 15 is 0 Å². The summed E-state index contributed by atoms with van der Waals surface area (Å²) in [4.78, 5) is 112. The lowest BCUT2D eigenvalue weighted by atomic mass is 9.98. The van der Waals surface area contributed by atoms with Crippen molar-refractivity contribution in [3.8, 4) is 0 Å². The summed E-state index contributed by atoms with van der Waals surface area (Å²) in [6.07, 6.45) is 1.17. The Morgan fingerprint density at radius 3 is 1.77 bits per heavy atom. The molecule has 9 atom stereocenters. The van der Waals surface area contributed by atoms with Crippen LogP contribution in [0.1, 0.15) is 78.5 Å². The second kappa shape index (κ2) is 27.3. The number of carbonyl (C=O) groups is 8. The number of carboxylic acid groups (broad SMARTS) is 1. The van der Waals surface area contributed by atoms with E-state index in [9.17, 15) is 53.7 Å². The number of nitrogens with one attached hydrogen (secondary N) is 8. The normalized spacial score (nSPS) is 15.5. The van der Waals surface area contributed by atoms with Gasteiger partial charge in [0.05, 0.1) is 31.1 Å². The van der Waals surface area contributed by atoms with E-state index in [1.807, 2.05) is 0 Å². The molecule has 0 radical (unpaired) electrons. The van der Waals surface area contributed by atoms with Crippen LogP contribution in [-0.4, -0.2) is 140 Å². The Kier molecular flexibility index (Phi) is 23.1. The number of hydrogen-bond donors (Lipinski definition) is 13. The number of unbranched alkanes of at least 4 members (excludes halogenated alkanes) is 1. The van der Waals surface area contributed by atoms with Gasteiger partial charge in [-0.05, 0) is 63.5 Å². The molecular formula is C42H67N11O11. The smallest absolute Gasteiger partial charge is 0.326 e. The van der Waals surface area contributed by atoms with Crippen LogP contribution in [0.3, 0.4) is 0 Å². The van der Waals surface area contributed by atoms with Crippen molar-refractivity contribution < 1.29 is 53.7 Å². The maximum Gasteiger partial charge on any atom is 0.326 e. The topological polar surface area (TPSA) is 362 Å². The number of nitrogens with zero attached hydrogens (tertiary/aromatic N) is 1. The molecule has 1 heterocycles. The highest BCUT2D eigenvalue weighted by Gasteiger charge is 2.36. The molecule has 0 aliphatic heterocycles. The average Bonchev–Trinajstić information content (AvgIpc) is 3.74. The molecule has 0 aliphatic rings. The summed E-state index contributed by atoms with van der Waals surface area (Å²) < 4.78 is 0. The minimum Gasteiger partial charge on any atom is -0.480 e. The lowest BCUT2D eigenvalue weighted by Crippen LogP contribution is -2.62. The number of rotatable bonds is 28. The SMILES string of the molecule is CC(C)C[C@H](NC(=O)[C@@H](NC(=O)[C@@H](NC(=O)[C@H](CCCCN)NC(=O)[C@@H](N)Cc1cnc[nH]1)[C@@H](C)O)C(C)C)C(=O)N[C@H](C(=O)NCC(=O)N[C@@H](Cc1ccccc1)C(=O)O)[C@@H](C)O. The van der Waals surface area contributed by atoms with Crippen LogP contribution in [0.4, 0.5) is 0 Å². The quantitative estimate of drug-likeness (QED) is 0.0385. The maximum absolute atomic E-state index is 13.8. The molecule has 22 nitrogen and oxygen atoms in total. The number of nitrogens with two attached hydrogens (primary N) is 2. The van der Waals surface area contributed by atoms with E-state index in [2.05, 4.69) is 47.2 Å². The van der Waals surface area contributed by atoms with Gasteiger partial charge in [0.15, 0.2) is 0 Å². The molecule has 0 spiro atoms. The van der Waals surface area contributed by atoms with Gasteiger partial charge in [0.25, 0.3) is 0 Å². The molecule has 356 valence electrons. The Balaban J connectivity index is 2.15. The minimum atomic E-state index is -1.61. The largest absolute Gasteiger partial charge is 0.480 e. The molecular weight excluding hydrogens is 835 g/mol. The molecule has 0 saturated heterocycles. The predicted octanol–water partition coefficient (Wildman–Crippen LogP) is -2.78. The van der Waals surface area contributed by atoms with Crippen LogP contribution >= 0.6 is 0 Å². The van der Waals surface area contributed by atoms with E-state index in [1.165, 1.54) is 26.4 Å². The summed E-state index contributed by atoms with van der Waals surface area (Å²) in [7, 11) is 0. The molecule has 0 saturated carbocycles. The molecule has 15 N–H and O–H groups in total. The number of aromatic amines is 1.